The smallest absolute Gasteiger partial charge is 0.408 e. The second kappa shape index (κ2) is 8.45. The van der Waals surface area contributed by atoms with Gasteiger partial charge in [0.2, 0.25) is 5.91 Å². The van der Waals surface area contributed by atoms with Gasteiger partial charge in [0.05, 0.1) is 6.26 Å². The van der Waals surface area contributed by atoms with Crippen LogP contribution in [0.2, 0.25) is 0 Å². The third-order valence-electron chi connectivity index (χ3n) is 4.22. The number of furan rings is 1. The third-order valence-corrected chi connectivity index (χ3v) is 4.22. The first-order valence-electron chi connectivity index (χ1n) is 9.19. The first-order chi connectivity index (χ1) is 12.6. The first-order valence-corrected chi connectivity index (χ1v) is 9.19. The van der Waals surface area contributed by atoms with Crippen molar-refractivity contribution in [2.75, 3.05) is 26.2 Å². The fourth-order valence-electron chi connectivity index (χ4n) is 2.83. The lowest BCUT2D eigenvalue weighted by molar-refractivity contribution is -0.136. The van der Waals surface area contributed by atoms with E-state index >= 15 is 0 Å². The first kappa shape index (κ1) is 20.8. The second-order valence-electron chi connectivity index (χ2n) is 7.96. The molecule has 1 aliphatic heterocycles. The Kier molecular flexibility index (Phi) is 6.51. The molecule has 1 aromatic rings. The maximum Gasteiger partial charge on any atom is 0.408 e. The Balaban J connectivity index is 1.93. The van der Waals surface area contributed by atoms with Crippen LogP contribution in [0.25, 0.3) is 0 Å². The van der Waals surface area contributed by atoms with Crippen molar-refractivity contribution in [1.82, 2.24) is 15.1 Å². The van der Waals surface area contributed by atoms with E-state index in [1.165, 1.54) is 6.26 Å². The molecular formula is C19H29N3O5. The van der Waals surface area contributed by atoms with Crippen molar-refractivity contribution in [2.24, 2.45) is 5.92 Å². The van der Waals surface area contributed by atoms with Crippen molar-refractivity contribution in [3.05, 3.63) is 24.2 Å². The zero-order valence-corrected chi connectivity index (χ0v) is 16.7. The highest BCUT2D eigenvalue weighted by molar-refractivity contribution is 5.92. The van der Waals surface area contributed by atoms with Gasteiger partial charge in [0.15, 0.2) is 5.76 Å². The van der Waals surface area contributed by atoms with Crippen LogP contribution in [0.4, 0.5) is 4.79 Å². The highest BCUT2D eigenvalue weighted by Gasteiger charge is 2.33. The van der Waals surface area contributed by atoms with Crippen molar-refractivity contribution >= 4 is 17.9 Å². The minimum Gasteiger partial charge on any atom is -0.459 e. The lowest BCUT2D eigenvalue weighted by Crippen LogP contribution is -2.57. The molecule has 150 valence electrons. The summed E-state index contributed by atoms with van der Waals surface area (Å²) in [7, 11) is 0. The fourth-order valence-corrected chi connectivity index (χ4v) is 2.83. The van der Waals surface area contributed by atoms with Crippen LogP contribution in [-0.2, 0) is 9.53 Å². The van der Waals surface area contributed by atoms with Crippen LogP contribution >= 0.6 is 0 Å². The number of carbonyl (C=O) groups is 3. The standard InChI is InChI=1S/C19H29N3O5/c1-13(2)15(20-18(25)27-19(3,4)5)17(24)22-10-8-21(9-11-22)16(23)14-7-6-12-26-14/h6-7,12-13,15H,8-11H2,1-5H3,(H,20,25). The molecule has 1 atom stereocenters. The van der Waals surface area contributed by atoms with Gasteiger partial charge in [-0.1, -0.05) is 13.8 Å². The molecule has 8 nitrogen and oxygen atoms in total. The van der Waals surface area contributed by atoms with Crippen LogP contribution in [0, 0.1) is 5.92 Å². The molecule has 1 fully saturated rings. The fraction of sp³-hybridized carbons (Fsp3) is 0.632. The van der Waals surface area contributed by atoms with Gasteiger partial charge >= 0.3 is 6.09 Å². The molecule has 0 radical (unpaired) electrons. The molecule has 0 aromatic carbocycles. The highest BCUT2D eigenvalue weighted by Crippen LogP contribution is 2.14. The van der Waals surface area contributed by atoms with E-state index in [1.54, 1.807) is 42.7 Å². The molecule has 0 saturated carbocycles. The number of nitrogens with one attached hydrogen (secondary N) is 1. The van der Waals surface area contributed by atoms with Crippen LogP contribution in [-0.4, -0.2) is 65.5 Å². The Hall–Kier alpha value is -2.51. The van der Waals surface area contributed by atoms with Crippen molar-refractivity contribution in [3.8, 4) is 0 Å². The summed E-state index contributed by atoms with van der Waals surface area (Å²) in [6, 6.07) is 2.62. The number of ether oxygens (including phenoxy) is 1. The maximum absolute atomic E-state index is 12.9. The van der Waals surface area contributed by atoms with Gasteiger partial charge in [0, 0.05) is 26.2 Å². The number of rotatable bonds is 4. The molecular weight excluding hydrogens is 350 g/mol. The summed E-state index contributed by atoms with van der Waals surface area (Å²) < 4.78 is 10.4. The predicted octanol–water partition coefficient (Wildman–Crippen LogP) is 2.11. The predicted molar refractivity (Wildman–Crippen MR) is 99.2 cm³/mol. The van der Waals surface area contributed by atoms with Crippen molar-refractivity contribution in [1.29, 1.82) is 0 Å². The molecule has 1 N–H and O–H groups in total. The molecule has 3 amide bonds. The lowest BCUT2D eigenvalue weighted by Gasteiger charge is -2.37. The molecule has 0 bridgehead atoms. The average Bonchev–Trinajstić information content (AvgIpc) is 3.11. The Labute approximate surface area is 159 Å². The van der Waals surface area contributed by atoms with E-state index in [1.807, 2.05) is 13.8 Å². The quantitative estimate of drug-likeness (QED) is 0.865. The molecule has 0 spiro atoms. The van der Waals surface area contributed by atoms with E-state index in [9.17, 15) is 14.4 Å². The second-order valence-corrected chi connectivity index (χ2v) is 7.96. The number of nitrogens with zero attached hydrogens (tertiary/aromatic N) is 2. The van der Waals surface area contributed by atoms with E-state index in [0.29, 0.717) is 31.9 Å². The van der Waals surface area contributed by atoms with Gasteiger partial charge in [0.25, 0.3) is 5.91 Å². The van der Waals surface area contributed by atoms with Crippen molar-refractivity contribution in [2.45, 2.75) is 46.3 Å². The van der Waals surface area contributed by atoms with Crippen LogP contribution in [0.5, 0.6) is 0 Å². The van der Waals surface area contributed by atoms with Gasteiger partial charge < -0.3 is 24.3 Å². The van der Waals surface area contributed by atoms with E-state index in [0.717, 1.165) is 0 Å². The van der Waals surface area contributed by atoms with Gasteiger partial charge in [0.1, 0.15) is 11.6 Å². The topological polar surface area (TPSA) is 92.1 Å². The molecule has 2 rings (SSSR count). The van der Waals surface area contributed by atoms with E-state index in [2.05, 4.69) is 5.32 Å². The lowest BCUT2D eigenvalue weighted by atomic mass is 10.0. The third kappa shape index (κ3) is 5.74. The Bertz CT molecular complexity index is 655. The molecule has 27 heavy (non-hydrogen) atoms. The summed E-state index contributed by atoms with van der Waals surface area (Å²) >= 11 is 0. The number of hydrogen-bond acceptors (Lipinski definition) is 5. The van der Waals surface area contributed by atoms with Gasteiger partial charge in [-0.05, 0) is 38.8 Å². The Morgan fingerprint density at radius 3 is 2.19 bits per heavy atom. The van der Waals surface area contributed by atoms with E-state index in [-0.39, 0.29) is 17.7 Å². The number of amides is 3. The monoisotopic (exact) mass is 379 g/mol. The summed E-state index contributed by atoms with van der Waals surface area (Å²) in [5.41, 5.74) is -0.632. The minimum absolute atomic E-state index is 0.0900. The normalized spacial score (nSPS) is 16.2. The van der Waals surface area contributed by atoms with Gasteiger partial charge in [-0.2, -0.15) is 0 Å². The number of carbonyl (C=O) groups excluding carboxylic acids is 3. The van der Waals surface area contributed by atoms with Gasteiger partial charge in [-0.15, -0.1) is 0 Å². The zero-order chi connectivity index (χ0) is 20.2. The molecule has 2 heterocycles. The summed E-state index contributed by atoms with van der Waals surface area (Å²) in [5.74, 6) is -0.144. The SMILES string of the molecule is CC(C)C(NC(=O)OC(C)(C)C)C(=O)N1CCN(C(=O)c2ccco2)CC1. The minimum atomic E-state index is -0.674. The Morgan fingerprint density at radius 1 is 1.11 bits per heavy atom. The molecule has 1 aliphatic rings. The summed E-state index contributed by atoms with van der Waals surface area (Å²) in [6.45, 7) is 10.7. The van der Waals surface area contributed by atoms with Crippen LogP contribution in [0.1, 0.15) is 45.2 Å². The van der Waals surface area contributed by atoms with E-state index in [4.69, 9.17) is 9.15 Å². The molecule has 8 heteroatoms. The molecule has 0 aliphatic carbocycles. The van der Waals surface area contributed by atoms with Crippen LogP contribution < -0.4 is 5.32 Å². The zero-order valence-electron chi connectivity index (χ0n) is 16.7. The molecule has 1 unspecified atom stereocenters. The Morgan fingerprint density at radius 2 is 1.70 bits per heavy atom. The molecule has 1 saturated heterocycles. The van der Waals surface area contributed by atoms with Gasteiger partial charge in [-0.3, -0.25) is 9.59 Å². The highest BCUT2D eigenvalue weighted by atomic mass is 16.6. The molecule has 1 aromatic heterocycles. The van der Waals surface area contributed by atoms with Gasteiger partial charge in [-0.25, -0.2) is 4.79 Å². The number of alkyl carbamates (subject to hydrolysis) is 1. The van der Waals surface area contributed by atoms with Crippen molar-refractivity contribution < 1.29 is 23.5 Å². The van der Waals surface area contributed by atoms with E-state index < -0.39 is 17.7 Å². The van der Waals surface area contributed by atoms with Crippen LogP contribution in [0.15, 0.2) is 22.8 Å². The summed E-state index contributed by atoms with van der Waals surface area (Å²) in [4.78, 5) is 40.6. The number of piperazine rings is 1. The van der Waals surface area contributed by atoms with Crippen molar-refractivity contribution in [3.63, 3.8) is 0 Å². The number of hydrogen-bond donors (Lipinski definition) is 1. The largest absolute Gasteiger partial charge is 0.459 e. The summed E-state index contributed by atoms with van der Waals surface area (Å²) in [6.07, 6.45) is 0.851. The average molecular weight is 379 g/mol. The van der Waals surface area contributed by atoms with Crippen LogP contribution in [0.3, 0.4) is 0 Å². The maximum atomic E-state index is 12.9. The summed E-state index contributed by atoms with van der Waals surface area (Å²) in [5, 5.41) is 2.68.